The summed E-state index contributed by atoms with van der Waals surface area (Å²) in [4.78, 5) is 11.6. The average molecular weight is 228 g/mol. The second-order valence-electron chi connectivity index (χ2n) is 4.61. The van der Waals surface area contributed by atoms with Gasteiger partial charge in [-0.2, -0.15) is 0 Å². The fourth-order valence-electron chi connectivity index (χ4n) is 2.24. The summed E-state index contributed by atoms with van der Waals surface area (Å²) in [7, 11) is 1.64. The van der Waals surface area contributed by atoms with Crippen LogP contribution in [0, 0.1) is 11.8 Å². The minimum absolute atomic E-state index is 0.156. The Morgan fingerprint density at radius 3 is 2.81 bits per heavy atom. The second-order valence-corrected chi connectivity index (χ2v) is 4.61. The number of nitrogens with one attached hydrogen (secondary N) is 2. The Bertz CT molecular complexity index is 203. The summed E-state index contributed by atoms with van der Waals surface area (Å²) in [5.41, 5.74) is 0. The summed E-state index contributed by atoms with van der Waals surface area (Å²) in [6.45, 7) is 5.59. The van der Waals surface area contributed by atoms with Gasteiger partial charge in [-0.25, -0.2) is 0 Å². The average Bonchev–Trinajstić information content (AvgIpc) is 2.30. The van der Waals surface area contributed by atoms with Crippen molar-refractivity contribution in [3.8, 4) is 0 Å². The van der Waals surface area contributed by atoms with E-state index in [1.165, 1.54) is 12.8 Å². The Hall–Kier alpha value is -0.610. The third kappa shape index (κ3) is 4.94. The highest BCUT2D eigenvalue weighted by atomic mass is 16.5. The molecule has 16 heavy (non-hydrogen) atoms. The largest absolute Gasteiger partial charge is 0.383 e. The SMILES string of the molecule is COCCNC(=O)CC(C)C1CCNCC1. The normalized spacial score (nSPS) is 19.4. The molecule has 0 aliphatic carbocycles. The summed E-state index contributed by atoms with van der Waals surface area (Å²) in [5.74, 6) is 1.35. The van der Waals surface area contributed by atoms with Crippen LogP contribution in [-0.2, 0) is 9.53 Å². The maximum atomic E-state index is 11.6. The number of piperidine rings is 1. The van der Waals surface area contributed by atoms with Gasteiger partial charge in [0.15, 0.2) is 0 Å². The molecule has 4 heteroatoms. The zero-order valence-corrected chi connectivity index (χ0v) is 10.4. The predicted molar refractivity (Wildman–Crippen MR) is 64.3 cm³/mol. The van der Waals surface area contributed by atoms with Crippen molar-refractivity contribution in [1.82, 2.24) is 10.6 Å². The van der Waals surface area contributed by atoms with Gasteiger partial charge in [0, 0.05) is 20.1 Å². The van der Waals surface area contributed by atoms with Crippen LogP contribution in [0.1, 0.15) is 26.2 Å². The van der Waals surface area contributed by atoms with Crippen molar-refractivity contribution in [2.75, 3.05) is 33.4 Å². The van der Waals surface area contributed by atoms with Gasteiger partial charge in [0.05, 0.1) is 6.61 Å². The lowest BCUT2D eigenvalue weighted by Crippen LogP contribution is -2.34. The number of rotatable bonds is 6. The van der Waals surface area contributed by atoms with Crippen LogP contribution in [0.4, 0.5) is 0 Å². The van der Waals surface area contributed by atoms with Crippen LogP contribution < -0.4 is 10.6 Å². The second kappa shape index (κ2) is 7.63. The van der Waals surface area contributed by atoms with Crippen LogP contribution in [0.5, 0.6) is 0 Å². The van der Waals surface area contributed by atoms with E-state index < -0.39 is 0 Å². The summed E-state index contributed by atoms with van der Waals surface area (Å²) >= 11 is 0. The van der Waals surface area contributed by atoms with Gasteiger partial charge in [-0.1, -0.05) is 6.92 Å². The number of ether oxygens (including phenoxy) is 1. The first-order valence-corrected chi connectivity index (χ1v) is 6.20. The Morgan fingerprint density at radius 1 is 1.50 bits per heavy atom. The molecule has 1 unspecified atom stereocenters. The standard InChI is InChI=1S/C12H24N2O2/c1-10(11-3-5-13-6-4-11)9-12(15)14-7-8-16-2/h10-11,13H,3-9H2,1-2H3,(H,14,15). The molecule has 1 rings (SSSR count). The topological polar surface area (TPSA) is 50.4 Å². The maximum absolute atomic E-state index is 11.6. The number of hydrogen-bond acceptors (Lipinski definition) is 3. The molecule has 94 valence electrons. The van der Waals surface area contributed by atoms with E-state index in [0.717, 1.165) is 13.1 Å². The zero-order chi connectivity index (χ0) is 11.8. The van der Waals surface area contributed by atoms with Gasteiger partial charge in [-0.3, -0.25) is 4.79 Å². The van der Waals surface area contributed by atoms with Gasteiger partial charge in [-0.15, -0.1) is 0 Å². The molecular weight excluding hydrogens is 204 g/mol. The van der Waals surface area contributed by atoms with Crippen LogP contribution >= 0.6 is 0 Å². The molecule has 0 aromatic carbocycles. The first-order chi connectivity index (χ1) is 7.74. The molecule has 0 spiro atoms. The van der Waals surface area contributed by atoms with Crippen molar-refractivity contribution < 1.29 is 9.53 Å². The molecule has 1 amide bonds. The van der Waals surface area contributed by atoms with Gasteiger partial charge in [0.25, 0.3) is 0 Å². The molecule has 0 aromatic heterocycles. The van der Waals surface area contributed by atoms with Crippen molar-refractivity contribution in [3.63, 3.8) is 0 Å². The molecule has 1 aliphatic rings. The third-order valence-electron chi connectivity index (χ3n) is 3.32. The number of carbonyl (C=O) groups excluding carboxylic acids is 1. The van der Waals surface area contributed by atoms with E-state index in [9.17, 15) is 4.79 Å². The fourth-order valence-corrected chi connectivity index (χ4v) is 2.24. The molecule has 1 fully saturated rings. The van der Waals surface area contributed by atoms with Crippen LogP contribution in [0.2, 0.25) is 0 Å². The van der Waals surface area contributed by atoms with Crippen molar-refractivity contribution in [2.24, 2.45) is 11.8 Å². The summed E-state index contributed by atoms with van der Waals surface area (Å²) in [6, 6.07) is 0. The first kappa shape index (κ1) is 13.5. The molecule has 0 radical (unpaired) electrons. The van der Waals surface area contributed by atoms with Crippen LogP contribution in [0.3, 0.4) is 0 Å². The van der Waals surface area contributed by atoms with Crippen molar-refractivity contribution in [2.45, 2.75) is 26.2 Å². The zero-order valence-electron chi connectivity index (χ0n) is 10.4. The first-order valence-electron chi connectivity index (χ1n) is 6.20. The van der Waals surface area contributed by atoms with Gasteiger partial charge >= 0.3 is 0 Å². The highest BCUT2D eigenvalue weighted by Crippen LogP contribution is 2.23. The number of hydrogen-bond donors (Lipinski definition) is 2. The molecule has 1 aliphatic heterocycles. The van der Waals surface area contributed by atoms with E-state index in [0.29, 0.717) is 31.4 Å². The van der Waals surface area contributed by atoms with E-state index >= 15 is 0 Å². The summed E-state index contributed by atoms with van der Waals surface area (Å²) in [5, 5.41) is 6.22. The molecule has 1 heterocycles. The summed E-state index contributed by atoms with van der Waals surface area (Å²) in [6.07, 6.45) is 3.05. The number of methoxy groups -OCH3 is 1. The third-order valence-corrected chi connectivity index (χ3v) is 3.32. The van der Waals surface area contributed by atoms with Gasteiger partial charge in [0.1, 0.15) is 0 Å². The molecule has 2 N–H and O–H groups in total. The maximum Gasteiger partial charge on any atom is 0.220 e. The highest BCUT2D eigenvalue weighted by molar-refractivity contribution is 5.76. The quantitative estimate of drug-likeness (QED) is 0.660. The fraction of sp³-hybridized carbons (Fsp3) is 0.917. The molecule has 4 nitrogen and oxygen atoms in total. The molecule has 1 saturated heterocycles. The molecule has 0 saturated carbocycles. The Balaban J connectivity index is 2.16. The van der Waals surface area contributed by atoms with E-state index in [-0.39, 0.29) is 5.91 Å². The monoisotopic (exact) mass is 228 g/mol. The minimum atomic E-state index is 0.156. The smallest absolute Gasteiger partial charge is 0.220 e. The van der Waals surface area contributed by atoms with Gasteiger partial charge < -0.3 is 15.4 Å². The lowest BCUT2D eigenvalue weighted by atomic mass is 9.84. The van der Waals surface area contributed by atoms with E-state index in [4.69, 9.17) is 4.74 Å². The summed E-state index contributed by atoms with van der Waals surface area (Å²) < 4.78 is 4.89. The predicted octanol–water partition coefficient (Wildman–Crippen LogP) is 0.775. The van der Waals surface area contributed by atoms with Crippen molar-refractivity contribution >= 4 is 5.91 Å². The number of carbonyl (C=O) groups is 1. The van der Waals surface area contributed by atoms with E-state index in [1.807, 2.05) is 0 Å². The van der Waals surface area contributed by atoms with E-state index in [1.54, 1.807) is 7.11 Å². The Kier molecular flexibility index (Phi) is 6.42. The molecule has 1 atom stereocenters. The molecule has 0 aromatic rings. The molecular formula is C12H24N2O2. The lowest BCUT2D eigenvalue weighted by Gasteiger charge is -2.27. The lowest BCUT2D eigenvalue weighted by molar-refractivity contribution is -0.122. The Labute approximate surface area is 98.1 Å². The van der Waals surface area contributed by atoms with Crippen LogP contribution in [-0.4, -0.2) is 39.3 Å². The van der Waals surface area contributed by atoms with Crippen molar-refractivity contribution in [3.05, 3.63) is 0 Å². The van der Waals surface area contributed by atoms with E-state index in [2.05, 4.69) is 17.6 Å². The Morgan fingerprint density at radius 2 is 2.19 bits per heavy atom. The molecule has 0 bridgehead atoms. The number of amides is 1. The van der Waals surface area contributed by atoms with Gasteiger partial charge in [-0.05, 0) is 37.8 Å². The minimum Gasteiger partial charge on any atom is -0.383 e. The highest BCUT2D eigenvalue weighted by Gasteiger charge is 2.21. The van der Waals surface area contributed by atoms with Crippen molar-refractivity contribution in [1.29, 1.82) is 0 Å². The van der Waals surface area contributed by atoms with Crippen LogP contribution in [0.15, 0.2) is 0 Å². The van der Waals surface area contributed by atoms with Crippen LogP contribution in [0.25, 0.3) is 0 Å². The van der Waals surface area contributed by atoms with Gasteiger partial charge in [0.2, 0.25) is 5.91 Å².